The van der Waals surface area contributed by atoms with E-state index in [2.05, 4.69) is 17.6 Å². The number of hydrogen-bond donors (Lipinski definition) is 3. The number of aliphatic hydroxyl groups is 1. The van der Waals surface area contributed by atoms with Gasteiger partial charge in [0.25, 0.3) is 0 Å². The van der Waals surface area contributed by atoms with Crippen LogP contribution in [0, 0.1) is 5.92 Å². The molecule has 0 bridgehead atoms. The molecule has 3 atom stereocenters. The van der Waals surface area contributed by atoms with Crippen LogP contribution in [0.2, 0.25) is 0 Å². The highest BCUT2D eigenvalue weighted by atomic mass is 16.3. The first-order valence-corrected chi connectivity index (χ1v) is 6.89. The summed E-state index contributed by atoms with van der Waals surface area (Å²) >= 11 is 0. The van der Waals surface area contributed by atoms with Gasteiger partial charge in [-0.1, -0.05) is 33.1 Å². The predicted molar refractivity (Wildman–Crippen MR) is 68.9 cm³/mol. The Morgan fingerprint density at radius 2 is 2.06 bits per heavy atom. The Kier molecular flexibility index (Phi) is 6.34. The quantitative estimate of drug-likeness (QED) is 0.690. The second-order valence-electron chi connectivity index (χ2n) is 4.96. The van der Waals surface area contributed by atoms with Crippen molar-refractivity contribution in [1.29, 1.82) is 0 Å². The average Bonchev–Trinajstić information content (AvgIpc) is 2.36. The Balaban J connectivity index is 2.38. The Morgan fingerprint density at radius 1 is 1.35 bits per heavy atom. The van der Waals surface area contributed by atoms with Gasteiger partial charge in [-0.2, -0.15) is 0 Å². The molecule has 1 aliphatic carbocycles. The van der Waals surface area contributed by atoms with Crippen molar-refractivity contribution in [1.82, 2.24) is 10.6 Å². The van der Waals surface area contributed by atoms with Crippen LogP contribution in [0.4, 0.5) is 4.79 Å². The molecule has 4 heteroatoms. The zero-order chi connectivity index (χ0) is 12.7. The van der Waals surface area contributed by atoms with Gasteiger partial charge in [0.1, 0.15) is 0 Å². The molecule has 100 valence electrons. The molecule has 17 heavy (non-hydrogen) atoms. The molecule has 0 spiro atoms. The smallest absolute Gasteiger partial charge is 0.315 e. The van der Waals surface area contributed by atoms with Crippen LogP contribution in [0.15, 0.2) is 0 Å². The molecule has 1 aliphatic rings. The summed E-state index contributed by atoms with van der Waals surface area (Å²) in [5.74, 6) is 0.615. The van der Waals surface area contributed by atoms with Gasteiger partial charge in [-0.15, -0.1) is 0 Å². The van der Waals surface area contributed by atoms with Crippen LogP contribution in [0.3, 0.4) is 0 Å². The number of urea groups is 1. The Labute approximate surface area is 104 Å². The van der Waals surface area contributed by atoms with Crippen LogP contribution in [0.5, 0.6) is 0 Å². The molecular formula is C13H26N2O2. The largest absolute Gasteiger partial charge is 0.394 e. The van der Waals surface area contributed by atoms with E-state index in [9.17, 15) is 4.79 Å². The van der Waals surface area contributed by atoms with Crippen LogP contribution in [-0.4, -0.2) is 29.8 Å². The average molecular weight is 242 g/mol. The van der Waals surface area contributed by atoms with E-state index in [0.29, 0.717) is 12.0 Å². The van der Waals surface area contributed by atoms with Crippen molar-refractivity contribution in [3.05, 3.63) is 0 Å². The summed E-state index contributed by atoms with van der Waals surface area (Å²) in [6, 6.07) is 0.0554. The van der Waals surface area contributed by atoms with Gasteiger partial charge in [-0.3, -0.25) is 0 Å². The van der Waals surface area contributed by atoms with Crippen LogP contribution < -0.4 is 10.6 Å². The molecule has 2 amide bonds. The number of aliphatic hydroxyl groups excluding tert-OH is 1. The van der Waals surface area contributed by atoms with Crippen molar-refractivity contribution >= 4 is 6.03 Å². The zero-order valence-corrected chi connectivity index (χ0v) is 11.0. The Hall–Kier alpha value is -0.770. The SMILES string of the molecule is CCC(CO)NC(=O)NC1CCCCC1CC. The third-order valence-electron chi connectivity index (χ3n) is 3.80. The van der Waals surface area contributed by atoms with Gasteiger partial charge in [-0.05, 0) is 25.2 Å². The molecule has 0 aromatic carbocycles. The maximum Gasteiger partial charge on any atom is 0.315 e. The maximum absolute atomic E-state index is 11.8. The van der Waals surface area contributed by atoms with Crippen LogP contribution in [-0.2, 0) is 0 Å². The maximum atomic E-state index is 11.8. The molecule has 0 aromatic rings. The second kappa shape index (κ2) is 7.54. The standard InChI is InChI=1S/C13H26N2O2/c1-3-10-7-5-6-8-12(10)15-13(17)14-11(4-2)9-16/h10-12,16H,3-9H2,1-2H3,(H2,14,15,17). The first kappa shape index (κ1) is 14.3. The van der Waals surface area contributed by atoms with Crippen molar-refractivity contribution in [3.63, 3.8) is 0 Å². The summed E-state index contributed by atoms with van der Waals surface area (Å²) in [4.78, 5) is 11.8. The lowest BCUT2D eigenvalue weighted by molar-refractivity contribution is 0.199. The molecule has 3 unspecified atom stereocenters. The molecule has 0 heterocycles. The molecule has 0 aromatic heterocycles. The van der Waals surface area contributed by atoms with Crippen molar-refractivity contribution < 1.29 is 9.90 Å². The molecule has 0 aliphatic heterocycles. The molecule has 1 rings (SSSR count). The van der Waals surface area contributed by atoms with Gasteiger partial charge in [0.15, 0.2) is 0 Å². The van der Waals surface area contributed by atoms with E-state index in [1.54, 1.807) is 0 Å². The number of rotatable bonds is 5. The first-order chi connectivity index (χ1) is 8.21. The minimum atomic E-state index is -0.128. The van der Waals surface area contributed by atoms with E-state index >= 15 is 0 Å². The van der Waals surface area contributed by atoms with Gasteiger partial charge < -0.3 is 15.7 Å². The van der Waals surface area contributed by atoms with E-state index in [1.165, 1.54) is 19.3 Å². The topological polar surface area (TPSA) is 61.4 Å². The van der Waals surface area contributed by atoms with Gasteiger partial charge in [0.05, 0.1) is 12.6 Å². The van der Waals surface area contributed by atoms with Gasteiger partial charge >= 0.3 is 6.03 Å². The van der Waals surface area contributed by atoms with Crippen LogP contribution >= 0.6 is 0 Å². The summed E-state index contributed by atoms with van der Waals surface area (Å²) in [5.41, 5.74) is 0. The highest BCUT2D eigenvalue weighted by Crippen LogP contribution is 2.26. The van der Waals surface area contributed by atoms with Gasteiger partial charge in [-0.25, -0.2) is 4.79 Å². The van der Waals surface area contributed by atoms with Crippen LogP contribution in [0.25, 0.3) is 0 Å². The molecule has 4 nitrogen and oxygen atoms in total. The van der Waals surface area contributed by atoms with Crippen LogP contribution in [0.1, 0.15) is 52.4 Å². The molecule has 0 saturated heterocycles. The van der Waals surface area contributed by atoms with Crippen molar-refractivity contribution in [2.24, 2.45) is 5.92 Å². The Bertz CT molecular complexity index is 229. The summed E-state index contributed by atoms with van der Waals surface area (Å²) in [7, 11) is 0. The first-order valence-electron chi connectivity index (χ1n) is 6.89. The van der Waals surface area contributed by atoms with Crippen molar-refractivity contribution in [2.45, 2.75) is 64.5 Å². The van der Waals surface area contributed by atoms with E-state index in [4.69, 9.17) is 5.11 Å². The van der Waals surface area contributed by atoms with E-state index in [-0.39, 0.29) is 18.7 Å². The summed E-state index contributed by atoms with van der Waals surface area (Å²) in [6.45, 7) is 4.15. The number of carbonyl (C=O) groups excluding carboxylic acids is 1. The van der Waals surface area contributed by atoms with Crippen molar-refractivity contribution in [2.75, 3.05) is 6.61 Å². The molecule has 3 N–H and O–H groups in total. The lowest BCUT2D eigenvalue weighted by Gasteiger charge is -2.32. The van der Waals surface area contributed by atoms with E-state index in [1.807, 2.05) is 6.92 Å². The highest BCUT2D eigenvalue weighted by Gasteiger charge is 2.25. The summed E-state index contributed by atoms with van der Waals surface area (Å²) in [6.07, 6.45) is 6.68. The number of amides is 2. The fourth-order valence-electron chi connectivity index (χ4n) is 2.56. The lowest BCUT2D eigenvalue weighted by Crippen LogP contribution is -2.50. The van der Waals surface area contributed by atoms with Crippen molar-refractivity contribution in [3.8, 4) is 0 Å². The second-order valence-corrected chi connectivity index (χ2v) is 4.96. The lowest BCUT2D eigenvalue weighted by atomic mass is 9.83. The van der Waals surface area contributed by atoms with E-state index in [0.717, 1.165) is 19.3 Å². The third-order valence-corrected chi connectivity index (χ3v) is 3.80. The normalized spacial score (nSPS) is 26.3. The Morgan fingerprint density at radius 3 is 2.65 bits per heavy atom. The molecular weight excluding hydrogens is 216 g/mol. The fraction of sp³-hybridized carbons (Fsp3) is 0.923. The van der Waals surface area contributed by atoms with Gasteiger partial charge in [0.2, 0.25) is 0 Å². The zero-order valence-electron chi connectivity index (χ0n) is 11.0. The molecule has 0 radical (unpaired) electrons. The fourth-order valence-corrected chi connectivity index (χ4v) is 2.56. The minimum Gasteiger partial charge on any atom is -0.394 e. The number of nitrogens with one attached hydrogen (secondary N) is 2. The monoisotopic (exact) mass is 242 g/mol. The third kappa shape index (κ3) is 4.54. The van der Waals surface area contributed by atoms with Gasteiger partial charge in [0, 0.05) is 6.04 Å². The number of carbonyl (C=O) groups is 1. The van der Waals surface area contributed by atoms with E-state index < -0.39 is 0 Å². The summed E-state index contributed by atoms with van der Waals surface area (Å²) < 4.78 is 0. The summed E-state index contributed by atoms with van der Waals surface area (Å²) in [5, 5.41) is 14.9. The highest BCUT2D eigenvalue weighted by molar-refractivity contribution is 5.74. The predicted octanol–water partition coefficient (Wildman–Crippen LogP) is 2.03. The molecule has 1 saturated carbocycles. The minimum absolute atomic E-state index is 0.00575. The number of hydrogen-bond acceptors (Lipinski definition) is 2. The molecule has 1 fully saturated rings.